The van der Waals surface area contributed by atoms with Gasteiger partial charge in [0.2, 0.25) is 5.91 Å². The van der Waals surface area contributed by atoms with Crippen LogP contribution in [0, 0.1) is 5.82 Å². The molecule has 0 radical (unpaired) electrons. The van der Waals surface area contributed by atoms with Gasteiger partial charge in [0.15, 0.2) is 0 Å². The molecular formula is C13H16FNO2. The Labute approximate surface area is 99.7 Å². The molecule has 0 bridgehead atoms. The van der Waals surface area contributed by atoms with Gasteiger partial charge in [-0.15, -0.1) is 0 Å². The van der Waals surface area contributed by atoms with E-state index in [0.717, 1.165) is 12.8 Å². The van der Waals surface area contributed by atoms with Crippen LogP contribution in [0.25, 0.3) is 0 Å². The molecular weight excluding hydrogens is 221 g/mol. The van der Waals surface area contributed by atoms with E-state index in [1.807, 2.05) is 0 Å². The third-order valence-corrected chi connectivity index (χ3v) is 3.17. The van der Waals surface area contributed by atoms with Crippen molar-refractivity contribution in [2.75, 3.05) is 5.32 Å². The van der Waals surface area contributed by atoms with Crippen molar-refractivity contribution >= 4 is 11.6 Å². The molecule has 1 saturated carbocycles. The second-order valence-corrected chi connectivity index (χ2v) is 4.64. The molecule has 0 saturated heterocycles. The van der Waals surface area contributed by atoms with Gasteiger partial charge in [-0.25, -0.2) is 4.39 Å². The number of rotatable bonds is 3. The van der Waals surface area contributed by atoms with E-state index in [4.69, 9.17) is 0 Å². The van der Waals surface area contributed by atoms with Gasteiger partial charge in [0.25, 0.3) is 0 Å². The van der Waals surface area contributed by atoms with Crippen molar-refractivity contribution < 1.29 is 14.3 Å². The van der Waals surface area contributed by atoms with Crippen LogP contribution in [0.15, 0.2) is 24.3 Å². The van der Waals surface area contributed by atoms with Crippen molar-refractivity contribution in [1.82, 2.24) is 0 Å². The molecule has 1 aliphatic rings. The lowest BCUT2D eigenvalue weighted by atomic mass is 9.97. The molecule has 1 aromatic rings. The van der Waals surface area contributed by atoms with Crippen molar-refractivity contribution in [3.63, 3.8) is 0 Å². The summed E-state index contributed by atoms with van der Waals surface area (Å²) in [7, 11) is 0. The first kappa shape index (κ1) is 12.0. The summed E-state index contributed by atoms with van der Waals surface area (Å²) in [6.45, 7) is 0. The minimum Gasteiger partial charge on any atom is -0.389 e. The lowest BCUT2D eigenvalue weighted by molar-refractivity contribution is -0.120. The van der Waals surface area contributed by atoms with E-state index in [9.17, 15) is 14.3 Å². The van der Waals surface area contributed by atoms with E-state index >= 15 is 0 Å². The van der Waals surface area contributed by atoms with E-state index in [1.165, 1.54) is 12.1 Å². The number of halogens is 1. The number of aliphatic hydroxyl groups is 1. The number of hydrogen-bond acceptors (Lipinski definition) is 2. The summed E-state index contributed by atoms with van der Waals surface area (Å²) in [6.07, 6.45) is 3.24. The van der Waals surface area contributed by atoms with E-state index in [0.29, 0.717) is 12.8 Å². The molecule has 0 aliphatic heterocycles. The molecule has 0 spiro atoms. The molecule has 1 aliphatic carbocycles. The Bertz CT molecular complexity index is 414. The number of benzene rings is 1. The summed E-state index contributed by atoms with van der Waals surface area (Å²) in [5.41, 5.74) is -0.728. The van der Waals surface area contributed by atoms with Gasteiger partial charge in [-0.3, -0.25) is 4.79 Å². The molecule has 92 valence electrons. The molecule has 2 rings (SSSR count). The van der Waals surface area contributed by atoms with Crippen molar-refractivity contribution in [2.24, 2.45) is 0 Å². The van der Waals surface area contributed by atoms with Gasteiger partial charge in [-0.05, 0) is 25.0 Å². The molecule has 1 amide bonds. The maximum Gasteiger partial charge on any atom is 0.227 e. The van der Waals surface area contributed by atoms with Crippen LogP contribution < -0.4 is 5.32 Å². The zero-order chi connectivity index (χ0) is 12.3. The Balaban J connectivity index is 1.96. The van der Waals surface area contributed by atoms with E-state index < -0.39 is 11.4 Å². The van der Waals surface area contributed by atoms with E-state index in [1.54, 1.807) is 12.1 Å². The molecule has 4 heteroatoms. The predicted octanol–water partition coefficient (Wildman–Crippen LogP) is 2.46. The first-order valence-corrected chi connectivity index (χ1v) is 5.86. The lowest BCUT2D eigenvalue weighted by Crippen LogP contribution is -2.30. The molecule has 0 atom stereocenters. The largest absolute Gasteiger partial charge is 0.389 e. The molecule has 2 N–H and O–H groups in total. The number of para-hydroxylation sites is 1. The van der Waals surface area contributed by atoms with Gasteiger partial charge in [-0.2, -0.15) is 0 Å². The van der Waals surface area contributed by atoms with Crippen LogP contribution in [0.4, 0.5) is 10.1 Å². The van der Waals surface area contributed by atoms with Crippen LogP contribution in [0.2, 0.25) is 0 Å². The normalized spacial score (nSPS) is 18.0. The molecule has 0 aromatic heterocycles. The first-order valence-electron chi connectivity index (χ1n) is 5.86. The van der Waals surface area contributed by atoms with Crippen molar-refractivity contribution in [1.29, 1.82) is 0 Å². The Morgan fingerprint density at radius 3 is 2.65 bits per heavy atom. The number of nitrogens with one attached hydrogen (secondary N) is 1. The average Bonchev–Trinajstić information content (AvgIpc) is 2.68. The zero-order valence-electron chi connectivity index (χ0n) is 9.58. The molecule has 3 nitrogen and oxygen atoms in total. The number of hydrogen-bond donors (Lipinski definition) is 2. The van der Waals surface area contributed by atoms with Crippen LogP contribution in [0.3, 0.4) is 0 Å². The van der Waals surface area contributed by atoms with Crippen LogP contribution in [-0.4, -0.2) is 16.6 Å². The van der Waals surface area contributed by atoms with Crippen molar-refractivity contribution in [2.45, 2.75) is 37.7 Å². The Kier molecular flexibility index (Phi) is 3.43. The van der Waals surface area contributed by atoms with E-state index in [2.05, 4.69) is 5.32 Å². The fourth-order valence-electron chi connectivity index (χ4n) is 2.27. The highest BCUT2D eigenvalue weighted by molar-refractivity contribution is 5.91. The number of carbonyl (C=O) groups excluding carboxylic acids is 1. The monoisotopic (exact) mass is 237 g/mol. The smallest absolute Gasteiger partial charge is 0.227 e. The molecule has 0 unspecified atom stereocenters. The van der Waals surface area contributed by atoms with Gasteiger partial charge in [0.1, 0.15) is 5.82 Å². The summed E-state index contributed by atoms with van der Waals surface area (Å²) >= 11 is 0. The molecule has 17 heavy (non-hydrogen) atoms. The van der Waals surface area contributed by atoms with Gasteiger partial charge < -0.3 is 10.4 Å². The van der Waals surface area contributed by atoms with Crippen LogP contribution in [0.1, 0.15) is 32.1 Å². The maximum absolute atomic E-state index is 13.3. The van der Waals surface area contributed by atoms with Crippen molar-refractivity contribution in [3.05, 3.63) is 30.1 Å². The fraction of sp³-hybridized carbons (Fsp3) is 0.462. The second-order valence-electron chi connectivity index (χ2n) is 4.64. The lowest BCUT2D eigenvalue weighted by Gasteiger charge is -2.21. The third-order valence-electron chi connectivity index (χ3n) is 3.17. The molecule has 1 aromatic carbocycles. The zero-order valence-corrected chi connectivity index (χ0v) is 9.58. The SMILES string of the molecule is O=C(CC1(O)CCCC1)Nc1ccccc1F. The standard InChI is InChI=1S/C13H16FNO2/c14-10-5-1-2-6-11(10)15-12(16)9-13(17)7-3-4-8-13/h1-2,5-6,17H,3-4,7-9H2,(H,15,16). The second kappa shape index (κ2) is 4.84. The quantitative estimate of drug-likeness (QED) is 0.848. The highest BCUT2D eigenvalue weighted by Gasteiger charge is 2.33. The summed E-state index contributed by atoms with van der Waals surface area (Å²) < 4.78 is 13.3. The molecule has 1 fully saturated rings. The van der Waals surface area contributed by atoms with Crippen LogP contribution in [-0.2, 0) is 4.79 Å². The van der Waals surface area contributed by atoms with Gasteiger partial charge >= 0.3 is 0 Å². The van der Waals surface area contributed by atoms with Crippen molar-refractivity contribution in [3.8, 4) is 0 Å². The number of amides is 1. The van der Waals surface area contributed by atoms with Gasteiger partial charge in [0.05, 0.1) is 17.7 Å². The average molecular weight is 237 g/mol. The highest BCUT2D eigenvalue weighted by atomic mass is 19.1. The fourth-order valence-corrected chi connectivity index (χ4v) is 2.27. The summed E-state index contributed by atoms with van der Waals surface area (Å²) in [6, 6.07) is 6.02. The molecule has 0 heterocycles. The summed E-state index contributed by atoms with van der Waals surface area (Å²) in [5.74, 6) is -0.793. The number of anilines is 1. The van der Waals surface area contributed by atoms with E-state index in [-0.39, 0.29) is 18.0 Å². The minimum absolute atomic E-state index is 0.0430. The Morgan fingerprint density at radius 2 is 2.00 bits per heavy atom. The topological polar surface area (TPSA) is 49.3 Å². The Hall–Kier alpha value is -1.42. The predicted molar refractivity (Wildman–Crippen MR) is 63.1 cm³/mol. The van der Waals surface area contributed by atoms with Gasteiger partial charge in [-0.1, -0.05) is 25.0 Å². The maximum atomic E-state index is 13.3. The first-order chi connectivity index (χ1) is 8.09. The van der Waals surface area contributed by atoms with Gasteiger partial charge in [0, 0.05) is 0 Å². The number of carbonyl (C=O) groups is 1. The van der Waals surface area contributed by atoms with Crippen LogP contribution in [0.5, 0.6) is 0 Å². The minimum atomic E-state index is -0.894. The third kappa shape index (κ3) is 3.03. The van der Waals surface area contributed by atoms with Crippen LogP contribution >= 0.6 is 0 Å². The summed E-state index contributed by atoms with van der Waals surface area (Å²) in [5, 5.41) is 12.5. The summed E-state index contributed by atoms with van der Waals surface area (Å²) in [4.78, 5) is 11.7. The Morgan fingerprint density at radius 1 is 1.35 bits per heavy atom. The highest BCUT2D eigenvalue weighted by Crippen LogP contribution is 2.32.